The first kappa shape index (κ1) is 37.6. The fraction of sp³-hybridized carbons (Fsp3) is 0.0755. The van der Waals surface area contributed by atoms with Crippen molar-refractivity contribution in [2.24, 2.45) is 0 Å². The first-order valence-corrected chi connectivity index (χ1v) is 21.6. The molecule has 0 aliphatic carbocycles. The van der Waals surface area contributed by atoms with Crippen LogP contribution >= 0.6 is 0 Å². The first-order valence-electron chi connectivity index (χ1n) is 21.6. The van der Waals surface area contributed by atoms with Crippen LogP contribution in [0.4, 0.5) is 0 Å². The molecule has 0 fully saturated rings. The smallest absolute Gasteiger partial charge is 0.259 e. The Kier molecular flexibility index (Phi) is 8.13. The zero-order valence-electron chi connectivity index (χ0n) is 35.0. The van der Waals surface area contributed by atoms with Gasteiger partial charge in [-0.05, 0) is 59.7 Å². The number of nitrogens with zero attached hydrogens (tertiary/aromatic N) is 7. The molecule has 7 aromatic heterocycles. The minimum atomic E-state index is -0.386. The molecule has 66 heavy (non-hydrogen) atoms. The lowest BCUT2D eigenvalue weighted by Gasteiger charge is -2.09. The maximum atomic E-state index is 13.1. The Morgan fingerprint density at radius 2 is 0.788 bits per heavy atom. The van der Waals surface area contributed by atoms with Gasteiger partial charge in [0.25, 0.3) is 23.6 Å². The molecule has 13 heteroatoms. The molecular weight excluding hydrogens is 827 g/mol. The van der Waals surface area contributed by atoms with E-state index >= 15 is 0 Å². The lowest BCUT2D eigenvalue weighted by molar-refractivity contribution is -0.124. The number of carbonyl (C=O) groups is 4. The van der Waals surface area contributed by atoms with Gasteiger partial charge < -0.3 is 18.3 Å². The fourth-order valence-electron chi connectivity index (χ4n) is 10.3. The maximum Gasteiger partial charge on any atom is 0.259 e. The van der Waals surface area contributed by atoms with Crippen LogP contribution in [0.2, 0.25) is 0 Å². The van der Waals surface area contributed by atoms with Crippen LogP contribution in [0.25, 0.3) is 66.2 Å². The SMILES string of the molecule is O=C1NC(=O)C2=C1c1cn(c3ccccc13)Cc1cccc(c1)Cn1cc2c2cccnc21.O=C1NC(=O)C2=C1c1cn(c3ccccc13)Cc1cccc(n1)Cn1cc2c2cccnc21. The van der Waals surface area contributed by atoms with Gasteiger partial charge in [0, 0.05) is 105 Å². The second-order valence-electron chi connectivity index (χ2n) is 17.0. The van der Waals surface area contributed by atoms with Crippen molar-refractivity contribution in [1.82, 2.24) is 43.9 Å². The van der Waals surface area contributed by atoms with E-state index in [0.29, 0.717) is 54.0 Å². The largest absolute Gasteiger partial charge is 0.342 e. The van der Waals surface area contributed by atoms with Crippen LogP contribution in [0.15, 0.2) is 152 Å². The summed E-state index contributed by atoms with van der Waals surface area (Å²) < 4.78 is 8.31. The molecule has 4 aliphatic heterocycles. The quantitative estimate of drug-likeness (QED) is 0.152. The van der Waals surface area contributed by atoms with Gasteiger partial charge in [0.05, 0.1) is 46.8 Å². The standard InChI is InChI=1S/C27H18N4O2.C26H17N5O2/c32-26-23-20-14-30(22-9-2-1-7-18(20)22)12-16-5-3-6-17(11-16)13-31-15-21(24(23)27(33)29-26)19-8-4-10-28-25(19)31;32-25-22-19-13-30(21-9-2-1-7-17(19)21)11-15-5-3-6-16(28-15)12-31-14-20(23(22)26(33)29-25)18-8-4-10-27-24(18)31/h1-11,14-15H,12-13H2,(H,29,32,33);1-10,13-14H,11-12H2,(H,29,32,33). The number of pyridine rings is 3. The molecule has 0 spiro atoms. The zero-order chi connectivity index (χ0) is 44.2. The summed E-state index contributed by atoms with van der Waals surface area (Å²) in [6.45, 7) is 2.36. The summed E-state index contributed by atoms with van der Waals surface area (Å²) in [6, 6.07) is 38.1. The molecule has 316 valence electrons. The minimum absolute atomic E-state index is 0.363. The maximum absolute atomic E-state index is 13.1. The number of benzene rings is 3. The monoisotopic (exact) mass is 861 g/mol. The lowest BCUT2D eigenvalue weighted by Crippen LogP contribution is -2.22. The summed E-state index contributed by atoms with van der Waals surface area (Å²) in [5.74, 6) is -1.50. The third kappa shape index (κ3) is 5.76. The summed E-state index contributed by atoms with van der Waals surface area (Å²) in [5, 5.41) is 8.62. The molecule has 2 N–H and O–H groups in total. The number of aromatic nitrogens is 7. The van der Waals surface area contributed by atoms with E-state index in [4.69, 9.17) is 4.98 Å². The highest BCUT2D eigenvalue weighted by Gasteiger charge is 2.37. The molecule has 12 bridgehead atoms. The molecule has 0 saturated heterocycles. The third-order valence-electron chi connectivity index (χ3n) is 13.0. The predicted octanol–water partition coefficient (Wildman–Crippen LogP) is 7.33. The number of hydrogen-bond donors (Lipinski definition) is 2. The molecule has 0 atom stereocenters. The van der Waals surface area contributed by atoms with Gasteiger partial charge in [0.2, 0.25) is 0 Å². The van der Waals surface area contributed by atoms with Crippen molar-refractivity contribution in [1.29, 1.82) is 0 Å². The number of hydrogen-bond acceptors (Lipinski definition) is 7. The number of amides is 4. The van der Waals surface area contributed by atoms with Gasteiger partial charge in [0.1, 0.15) is 11.3 Å². The Labute approximate surface area is 375 Å². The molecule has 10 aromatic rings. The summed E-state index contributed by atoms with van der Waals surface area (Å²) in [4.78, 5) is 66.6. The number of imide groups is 2. The van der Waals surface area contributed by atoms with E-state index in [0.717, 1.165) is 77.5 Å². The summed E-state index contributed by atoms with van der Waals surface area (Å²) in [5.41, 5.74) is 12.2. The van der Waals surface area contributed by atoms with E-state index < -0.39 is 0 Å². The van der Waals surface area contributed by atoms with Crippen LogP contribution < -0.4 is 10.6 Å². The highest BCUT2D eigenvalue weighted by Crippen LogP contribution is 2.41. The van der Waals surface area contributed by atoms with E-state index in [2.05, 4.69) is 64.6 Å². The predicted molar refractivity (Wildman–Crippen MR) is 250 cm³/mol. The number of carbonyl (C=O) groups excluding carboxylic acids is 4. The fourth-order valence-corrected chi connectivity index (χ4v) is 10.3. The Balaban J connectivity index is 0.000000132. The number of nitrogens with one attached hydrogen (secondary N) is 2. The van der Waals surface area contributed by atoms with Crippen LogP contribution in [0, 0.1) is 0 Å². The van der Waals surface area contributed by atoms with Crippen LogP contribution in [-0.2, 0) is 45.4 Å². The van der Waals surface area contributed by atoms with Gasteiger partial charge in [-0.3, -0.25) is 34.8 Å². The van der Waals surface area contributed by atoms with Crippen molar-refractivity contribution in [3.05, 3.63) is 197 Å². The molecule has 0 unspecified atom stereocenters. The first-order chi connectivity index (χ1) is 32.3. The van der Waals surface area contributed by atoms with Crippen molar-refractivity contribution in [2.75, 3.05) is 0 Å². The normalized spacial score (nSPS) is 15.3. The molecule has 11 heterocycles. The van der Waals surface area contributed by atoms with Gasteiger partial charge in [-0.15, -0.1) is 0 Å². The van der Waals surface area contributed by atoms with Crippen LogP contribution in [-0.4, -0.2) is 56.8 Å². The Morgan fingerprint density at radius 1 is 0.394 bits per heavy atom. The Morgan fingerprint density at radius 3 is 1.32 bits per heavy atom. The van der Waals surface area contributed by atoms with Crippen LogP contribution in [0.1, 0.15) is 44.8 Å². The molecule has 0 saturated carbocycles. The van der Waals surface area contributed by atoms with E-state index in [9.17, 15) is 19.2 Å². The lowest BCUT2D eigenvalue weighted by atomic mass is 9.96. The van der Waals surface area contributed by atoms with Crippen molar-refractivity contribution in [2.45, 2.75) is 26.2 Å². The van der Waals surface area contributed by atoms with E-state index in [1.807, 2.05) is 114 Å². The van der Waals surface area contributed by atoms with Crippen molar-refractivity contribution in [3.63, 3.8) is 0 Å². The van der Waals surface area contributed by atoms with Crippen molar-refractivity contribution < 1.29 is 19.2 Å². The van der Waals surface area contributed by atoms with E-state index in [-0.39, 0.29) is 23.6 Å². The average molecular weight is 862 g/mol. The van der Waals surface area contributed by atoms with Crippen LogP contribution in [0.3, 0.4) is 0 Å². The number of rotatable bonds is 0. The third-order valence-corrected chi connectivity index (χ3v) is 13.0. The van der Waals surface area contributed by atoms with E-state index in [1.165, 1.54) is 5.56 Å². The average Bonchev–Trinajstić information content (AvgIpc) is 4.17. The van der Waals surface area contributed by atoms with Gasteiger partial charge >= 0.3 is 0 Å². The molecule has 4 aliphatic rings. The van der Waals surface area contributed by atoms with Crippen molar-refractivity contribution >= 4 is 89.8 Å². The number of para-hydroxylation sites is 2. The Hall–Kier alpha value is -8.97. The molecular formula is C53H35N9O4. The van der Waals surface area contributed by atoms with Crippen LogP contribution in [0.5, 0.6) is 0 Å². The molecule has 0 radical (unpaired) electrons. The second kappa shape index (κ2) is 14.3. The van der Waals surface area contributed by atoms with Gasteiger partial charge in [-0.2, -0.15) is 0 Å². The summed E-state index contributed by atoms with van der Waals surface area (Å²) >= 11 is 0. The molecule has 14 rings (SSSR count). The van der Waals surface area contributed by atoms with Gasteiger partial charge in [0.15, 0.2) is 0 Å². The summed E-state index contributed by atoms with van der Waals surface area (Å²) in [6.07, 6.45) is 11.3. The molecule has 13 nitrogen and oxygen atoms in total. The second-order valence-corrected chi connectivity index (χ2v) is 17.0. The Bertz CT molecular complexity index is 3390. The van der Waals surface area contributed by atoms with Gasteiger partial charge in [-0.25, -0.2) is 9.97 Å². The summed E-state index contributed by atoms with van der Waals surface area (Å²) in [7, 11) is 0. The molecule has 4 amide bonds. The zero-order valence-corrected chi connectivity index (χ0v) is 35.0. The van der Waals surface area contributed by atoms with Crippen molar-refractivity contribution in [3.8, 4) is 0 Å². The molecule has 3 aromatic carbocycles. The van der Waals surface area contributed by atoms with Gasteiger partial charge in [-0.1, -0.05) is 66.7 Å². The highest BCUT2D eigenvalue weighted by molar-refractivity contribution is 6.51. The van der Waals surface area contributed by atoms with E-state index in [1.54, 1.807) is 12.4 Å². The minimum Gasteiger partial charge on any atom is -0.342 e. The highest BCUT2D eigenvalue weighted by atomic mass is 16.2. The number of fused-ring (bicyclic) bond motifs is 28. The topological polar surface area (TPSA) is 151 Å².